The molecule has 176 valence electrons. The lowest BCUT2D eigenvalue weighted by molar-refractivity contribution is 0.0526. The lowest BCUT2D eigenvalue weighted by Crippen LogP contribution is -2.56. The van der Waals surface area contributed by atoms with Gasteiger partial charge in [0.15, 0.2) is 5.96 Å². The second-order valence-corrected chi connectivity index (χ2v) is 9.47. The van der Waals surface area contributed by atoms with Gasteiger partial charge in [-0.1, -0.05) is 20.3 Å². The van der Waals surface area contributed by atoms with Crippen molar-refractivity contribution in [2.24, 2.45) is 10.9 Å². The fourth-order valence-corrected chi connectivity index (χ4v) is 4.95. The minimum Gasteiger partial charge on any atom is -0.475 e. The molecule has 0 spiro atoms. The molecule has 2 saturated heterocycles. The number of guanidine groups is 1. The van der Waals surface area contributed by atoms with Crippen molar-refractivity contribution < 1.29 is 4.74 Å². The average molecular weight is 544 g/mol. The van der Waals surface area contributed by atoms with Crippen LogP contribution in [-0.2, 0) is 6.54 Å². The Bertz CT molecular complexity index is 684. The molecule has 2 fully saturated rings. The first-order valence-electron chi connectivity index (χ1n) is 11.8. The Balaban J connectivity index is 0.00000341. The number of aliphatic imine (C=N–C) groups is 1. The van der Waals surface area contributed by atoms with E-state index in [1.54, 1.807) is 0 Å². The van der Waals surface area contributed by atoms with Crippen LogP contribution < -0.4 is 15.4 Å². The van der Waals surface area contributed by atoms with E-state index >= 15 is 0 Å². The Morgan fingerprint density at radius 1 is 1.26 bits per heavy atom. The zero-order valence-corrected chi connectivity index (χ0v) is 22.3. The summed E-state index contributed by atoms with van der Waals surface area (Å²) in [4.78, 5) is 11.8. The quantitative estimate of drug-likeness (QED) is 0.286. The summed E-state index contributed by atoms with van der Waals surface area (Å²) in [7, 11) is 2.30. The molecule has 31 heavy (non-hydrogen) atoms. The predicted molar refractivity (Wildman–Crippen MR) is 139 cm³/mol. The highest BCUT2D eigenvalue weighted by Gasteiger charge is 2.36. The maximum absolute atomic E-state index is 6.00. The lowest BCUT2D eigenvalue weighted by Gasteiger charge is -2.47. The molecule has 1 aromatic rings. The maximum atomic E-state index is 6.00. The first-order chi connectivity index (χ1) is 14.4. The van der Waals surface area contributed by atoms with Crippen LogP contribution in [0.1, 0.15) is 71.8 Å². The largest absolute Gasteiger partial charge is 0.475 e. The molecule has 0 aliphatic carbocycles. The van der Waals surface area contributed by atoms with Gasteiger partial charge in [0.05, 0.1) is 12.6 Å². The van der Waals surface area contributed by atoms with Gasteiger partial charge in [-0.25, -0.2) is 9.98 Å². The van der Waals surface area contributed by atoms with Crippen molar-refractivity contribution >= 4 is 29.9 Å². The third-order valence-electron chi connectivity index (χ3n) is 6.37. The van der Waals surface area contributed by atoms with Crippen LogP contribution in [0.25, 0.3) is 0 Å². The molecular formula is C24H42IN5O. The molecular weight excluding hydrogens is 501 g/mol. The van der Waals surface area contributed by atoms with Crippen molar-refractivity contribution in [3.05, 3.63) is 23.9 Å². The Morgan fingerprint density at radius 2 is 1.97 bits per heavy atom. The average Bonchev–Trinajstić information content (AvgIpc) is 2.66. The van der Waals surface area contributed by atoms with Crippen molar-refractivity contribution in [1.82, 2.24) is 20.5 Å². The molecule has 3 atom stereocenters. The van der Waals surface area contributed by atoms with Gasteiger partial charge in [-0.05, 0) is 70.5 Å². The summed E-state index contributed by atoms with van der Waals surface area (Å²) in [6.45, 7) is 10.1. The van der Waals surface area contributed by atoms with Gasteiger partial charge in [0.2, 0.25) is 5.88 Å². The summed E-state index contributed by atoms with van der Waals surface area (Å²) in [5.41, 5.74) is 1.12. The summed E-state index contributed by atoms with van der Waals surface area (Å²) < 4.78 is 6.00. The number of rotatable bonds is 8. The van der Waals surface area contributed by atoms with E-state index in [9.17, 15) is 0 Å². The Kier molecular flexibility index (Phi) is 10.8. The fraction of sp³-hybridized carbons (Fsp3) is 0.750. The standard InChI is InChI=1S/C24H41N5O.HI/c1-6-25-24(28-20-14-21-8-7-9-22(15-20)29(21)5)27-16-19-10-11-26-23(13-19)30-18(4)12-17(2)3;/h10-11,13,17-18,20-22H,6-9,12,14-16H2,1-5H3,(H2,25,27,28);1H. The zero-order valence-electron chi connectivity index (χ0n) is 19.9. The van der Waals surface area contributed by atoms with Crippen molar-refractivity contribution in [1.29, 1.82) is 0 Å². The molecule has 3 unspecified atom stereocenters. The van der Waals surface area contributed by atoms with Crippen LogP contribution in [0.15, 0.2) is 23.3 Å². The highest BCUT2D eigenvalue weighted by molar-refractivity contribution is 14.0. The highest BCUT2D eigenvalue weighted by atomic mass is 127. The van der Waals surface area contributed by atoms with Crippen LogP contribution in [0.3, 0.4) is 0 Å². The summed E-state index contributed by atoms with van der Waals surface area (Å²) >= 11 is 0. The maximum Gasteiger partial charge on any atom is 0.213 e. The van der Waals surface area contributed by atoms with Crippen molar-refractivity contribution in [3.63, 3.8) is 0 Å². The van der Waals surface area contributed by atoms with Gasteiger partial charge in [0.25, 0.3) is 0 Å². The number of halogens is 1. The second kappa shape index (κ2) is 12.8. The van der Waals surface area contributed by atoms with Crippen LogP contribution in [0.2, 0.25) is 0 Å². The van der Waals surface area contributed by atoms with E-state index in [0.29, 0.717) is 36.5 Å². The monoisotopic (exact) mass is 543 g/mol. The summed E-state index contributed by atoms with van der Waals surface area (Å²) in [6, 6.07) is 5.97. The van der Waals surface area contributed by atoms with E-state index in [4.69, 9.17) is 9.73 Å². The van der Waals surface area contributed by atoms with Crippen molar-refractivity contribution in [3.8, 4) is 5.88 Å². The Hall–Kier alpha value is -1.09. The predicted octanol–water partition coefficient (Wildman–Crippen LogP) is 4.58. The molecule has 2 bridgehead atoms. The van der Waals surface area contributed by atoms with Crippen LogP contribution in [0, 0.1) is 5.92 Å². The molecule has 2 N–H and O–H groups in total. The normalized spacial score (nSPS) is 25.0. The summed E-state index contributed by atoms with van der Waals surface area (Å²) in [5, 5.41) is 7.13. The molecule has 2 aliphatic rings. The van der Waals surface area contributed by atoms with Gasteiger partial charge in [-0.3, -0.25) is 0 Å². The number of aromatic nitrogens is 1. The number of piperidine rings is 2. The van der Waals surface area contributed by atoms with Crippen LogP contribution in [0.5, 0.6) is 5.88 Å². The highest BCUT2D eigenvalue weighted by Crippen LogP contribution is 2.32. The van der Waals surface area contributed by atoms with E-state index in [0.717, 1.165) is 24.5 Å². The molecule has 0 radical (unpaired) electrons. The first kappa shape index (κ1) is 26.2. The minimum absolute atomic E-state index is 0. The van der Waals surface area contributed by atoms with Crippen molar-refractivity contribution in [2.45, 2.75) is 97.0 Å². The Morgan fingerprint density at radius 3 is 2.61 bits per heavy atom. The molecule has 0 amide bonds. The van der Waals surface area contributed by atoms with E-state index in [-0.39, 0.29) is 30.1 Å². The van der Waals surface area contributed by atoms with E-state index in [1.165, 1.54) is 32.1 Å². The molecule has 6 nitrogen and oxygen atoms in total. The molecule has 3 heterocycles. The van der Waals surface area contributed by atoms with Crippen LogP contribution in [0.4, 0.5) is 0 Å². The smallest absolute Gasteiger partial charge is 0.213 e. The zero-order chi connectivity index (χ0) is 21.5. The number of hydrogen-bond donors (Lipinski definition) is 2. The van der Waals surface area contributed by atoms with Crippen LogP contribution >= 0.6 is 24.0 Å². The second-order valence-electron chi connectivity index (χ2n) is 9.47. The molecule has 0 saturated carbocycles. The van der Waals surface area contributed by atoms with Gasteiger partial charge >= 0.3 is 0 Å². The topological polar surface area (TPSA) is 61.8 Å². The van der Waals surface area contributed by atoms with Gasteiger partial charge < -0.3 is 20.3 Å². The van der Waals surface area contributed by atoms with E-state index in [1.807, 2.05) is 18.3 Å². The van der Waals surface area contributed by atoms with Gasteiger partial charge in [-0.15, -0.1) is 24.0 Å². The number of fused-ring (bicyclic) bond motifs is 2. The van der Waals surface area contributed by atoms with E-state index < -0.39 is 0 Å². The van der Waals surface area contributed by atoms with Gasteiger partial charge in [-0.2, -0.15) is 0 Å². The molecule has 2 aliphatic heterocycles. The third-order valence-corrected chi connectivity index (χ3v) is 6.37. The first-order valence-corrected chi connectivity index (χ1v) is 11.8. The molecule has 7 heteroatoms. The fourth-order valence-electron chi connectivity index (χ4n) is 4.95. The van der Waals surface area contributed by atoms with Crippen LogP contribution in [-0.4, -0.2) is 53.7 Å². The lowest BCUT2D eigenvalue weighted by atomic mass is 9.82. The molecule has 1 aromatic heterocycles. The SMILES string of the molecule is CCNC(=NCc1ccnc(OC(C)CC(C)C)c1)NC1CC2CCCC(C1)N2C.I. The minimum atomic E-state index is 0. The number of ether oxygens (including phenoxy) is 1. The van der Waals surface area contributed by atoms with Gasteiger partial charge in [0.1, 0.15) is 0 Å². The number of nitrogens with one attached hydrogen (secondary N) is 2. The molecule has 3 rings (SSSR count). The molecule has 0 aromatic carbocycles. The Labute approximate surface area is 206 Å². The number of pyridine rings is 1. The van der Waals surface area contributed by atoms with Crippen molar-refractivity contribution in [2.75, 3.05) is 13.6 Å². The van der Waals surface area contributed by atoms with E-state index in [2.05, 4.69) is 55.3 Å². The summed E-state index contributed by atoms with van der Waals surface area (Å²) in [5.74, 6) is 2.22. The number of nitrogens with zero attached hydrogens (tertiary/aromatic N) is 3. The third kappa shape index (κ3) is 8.08. The summed E-state index contributed by atoms with van der Waals surface area (Å²) in [6.07, 6.45) is 9.46. The van der Waals surface area contributed by atoms with Gasteiger partial charge in [0, 0.05) is 36.9 Å². The number of hydrogen-bond acceptors (Lipinski definition) is 4.